The van der Waals surface area contributed by atoms with Crippen molar-refractivity contribution >= 4 is 15.9 Å². The smallest absolute Gasteiger partial charge is 0.120 e. The quantitative estimate of drug-likeness (QED) is 0.780. The van der Waals surface area contributed by atoms with E-state index in [0.717, 1.165) is 35.8 Å². The molecule has 1 N–H and O–H groups in total. The van der Waals surface area contributed by atoms with Gasteiger partial charge in [-0.05, 0) is 50.2 Å². The van der Waals surface area contributed by atoms with Gasteiger partial charge in [0.1, 0.15) is 12.4 Å². The van der Waals surface area contributed by atoms with E-state index in [9.17, 15) is 0 Å². The van der Waals surface area contributed by atoms with Crippen LogP contribution in [0.5, 0.6) is 5.75 Å². The summed E-state index contributed by atoms with van der Waals surface area (Å²) >= 11 is 3.44. The minimum Gasteiger partial charge on any atom is -0.492 e. The first-order valence-corrected chi connectivity index (χ1v) is 7.88. The van der Waals surface area contributed by atoms with Crippen LogP contribution < -0.4 is 10.1 Å². The lowest BCUT2D eigenvalue weighted by atomic mass is 10.1. The number of benzene rings is 1. The second-order valence-electron chi connectivity index (χ2n) is 5.06. The van der Waals surface area contributed by atoms with E-state index in [-0.39, 0.29) is 0 Å². The SMILES string of the molecule is CCN1CCC(CNCCOc2cccc(Br)c2)C1. The van der Waals surface area contributed by atoms with Crippen LogP contribution in [0.4, 0.5) is 0 Å². The molecule has 0 aromatic heterocycles. The summed E-state index contributed by atoms with van der Waals surface area (Å²) in [7, 11) is 0. The predicted octanol–water partition coefficient (Wildman–Crippen LogP) is 2.76. The van der Waals surface area contributed by atoms with Gasteiger partial charge in [-0.2, -0.15) is 0 Å². The Balaban J connectivity index is 1.55. The number of ether oxygens (including phenoxy) is 1. The summed E-state index contributed by atoms with van der Waals surface area (Å²) < 4.78 is 6.75. The number of nitrogens with one attached hydrogen (secondary N) is 1. The van der Waals surface area contributed by atoms with E-state index in [2.05, 4.69) is 33.1 Å². The van der Waals surface area contributed by atoms with Gasteiger partial charge in [0.05, 0.1) is 0 Å². The van der Waals surface area contributed by atoms with E-state index < -0.39 is 0 Å². The minimum absolute atomic E-state index is 0.723. The molecule has 0 aliphatic carbocycles. The molecule has 0 radical (unpaired) electrons. The molecule has 1 heterocycles. The van der Waals surface area contributed by atoms with Crippen LogP contribution in [-0.2, 0) is 0 Å². The number of nitrogens with zero attached hydrogens (tertiary/aromatic N) is 1. The Kier molecular flexibility index (Phi) is 6.14. The molecule has 19 heavy (non-hydrogen) atoms. The minimum atomic E-state index is 0.723. The summed E-state index contributed by atoms with van der Waals surface area (Å²) in [6.07, 6.45) is 1.33. The summed E-state index contributed by atoms with van der Waals surface area (Å²) in [6, 6.07) is 7.98. The monoisotopic (exact) mass is 326 g/mol. The normalized spacial score (nSPS) is 19.8. The lowest BCUT2D eigenvalue weighted by Crippen LogP contribution is -2.29. The zero-order valence-corrected chi connectivity index (χ0v) is 13.2. The molecule has 0 amide bonds. The summed E-state index contributed by atoms with van der Waals surface area (Å²) in [5.41, 5.74) is 0. The van der Waals surface area contributed by atoms with Crippen molar-refractivity contribution < 1.29 is 4.74 Å². The first-order chi connectivity index (χ1) is 9.28. The highest BCUT2D eigenvalue weighted by Crippen LogP contribution is 2.17. The van der Waals surface area contributed by atoms with Crippen molar-refractivity contribution in [1.29, 1.82) is 0 Å². The van der Waals surface area contributed by atoms with Gasteiger partial charge < -0.3 is 15.0 Å². The molecule has 1 fully saturated rings. The molecular weight excluding hydrogens is 304 g/mol. The average Bonchev–Trinajstić information content (AvgIpc) is 2.86. The Bertz CT molecular complexity index is 386. The van der Waals surface area contributed by atoms with Crippen molar-refractivity contribution in [3.8, 4) is 5.75 Å². The van der Waals surface area contributed by atoms with Gasteiger partial charge in [-0.15, -0.1) is 0 Å². The molecule has 0 spiro atoms. The first-order valence-electron chi connectivity index (χ1n) is 7.09. The van der Waals surface area contributed by atoms with Crippen LogP contribution in [-0.4, -0.2) is 44.2 Å². The molecular formula is C15H23BrN2O. The Morgan fingerprint density at radius 3 is 3.11 bits per heavy atom. The summed E-state index contributed by atoms with van der Waals surface area (Å²) in [5, 5.41) is 3.49. The van der Waals surface area contributed by atoms with Gasteiger partial charge in [0, 0.05) is 17.6 Å². The van der Waals surface area contributed by atoms with Crippen molar-refractivity contribution in [2.75, 3.05) is 39.3 Å². The molecule has 4 heteroatoms. The summed E-state index contributed by atoms with van der Waals surface area (Å²) in [4.78, 5) is 2.52. The highest BCUT2D eigenvalue weighted by molar-refractivity contribution is 9.10. The Hall–Kier alpha value is -0.580. The topological polar surface area (TPSA) is 24.5 Å². The Morgan fingerprint density at radius 1 is 1.47 bits per heavy atom. The van der Waals surface area contributed by atoms with Crippen LogP contribution in [0.1, 0.15) is 13.3 Å². The molecule has 2 rings (SSSR count). The van der Waals surface area contributed by atoms with Gasteiger partial charge >= 0.3 is 0 Å². The molecule has 1 aromatic carbocycles. The van der Waals surface area contributed by atoms with E-state index >= 15 is 0 Å². The van der Waals surface area contributed by atoms with Gasteiger partial charge in [0.2, 0.25) is 0 Å². The second kappa shape index (κ2) is 7.88. The van der Waals surface area contributed by atoms with Crippen LogP contribution in [0.25, 0.3) is 0 Å². The van der Waals surface area contributed by atoms with Crippen LogP contribution in [0, 0.1) is 5.92 Å². The van der Waals surface area contributed by atoms with E-state index in [4.69, 9.17) is 4.74 Å². The molecule has 1 aliphatic heterocycles. The van der Waals surface area contributed by atoms with Crippen molar-refractivity contribution in [2.45, 2.75) is 13.3 Å². The molecule has 106 valence electrons. The van der Waals surface area contributed by atoms with E-state index in [0.29, 0.717) is 0 Å². The standard InChI is InChI=1S/C15H23BrN2O/c1-2-18-8-6-13(12-18)11-17-7-9-19-15-5-3-4-14(16)10-15/h3-5,10,13,17H,2,6-9,11-12H2,1H3. The molecule has 1 aromatic rings. The zero-order chi connectivity index (χ0) is 13.5. The maximum absolute atomic E-state index is 5.69. The molecule has 3 nitrogen and oxygen atoms in total. The van der Waals surface area contributed by atoms with Gasteiger partial charge in [-0.3, -0.25) is 0 Å². The number of hydrogen-bond donors (Lipinski definition) is 1. The third-order valence-electron chi connectivity index (χ3n) is 3.59. The Morgan fingerprint density at radius 2 is 2.37 bits per heavy atom. The van der Waals surface area contributed by atoms with Crippen LogP contribution in [0.3, 0.4) is 0 Å². The fourth-order valence-electron chi connectivity index (χ4n) is 2.47. The number of hydrogen-bond acceptors (Lipinski definition) is 3. The van der Waals surface area contributed by atoms with Gasteiger partial charge in [-0.25, -0.2) is 0 Å². The summed E-state index contributed by atoms with van der Waals surface area (Å²) in [5.74, 6) is 1.74. The first kappa shape index (κ1) is 14.8. The number of halogens is 1. The van der Waals surface area contributed by atoms with Crippen LogP contribution in [0.15, 0.2) is 28.7 Å². The average molecular weight is 327 g/mol. The number of rotatable bonds is 7. The molecule has 1 unspecified atom stereocenters. The molecule has 0 saturated carbocycles. The van der Waals surface area contributed by atoms with Crippen molar-refractivity contribution in [2.24, 2.45) is 5.92 Å². The fourth-order valence-corrected chi connectivity index (χ4v) is 2.85. The molecule has 1 aliphatic rings. The lowest BCUT2D eigenvalue weighted by Gasteiger charge is -2.14. The maximum Gasteiger partial charge on any atom is 0.120 e. The van der Waals surface area contributed by atoms with Gasteiger partial charge in [-0.1, -0.05) is 28.9 Å². The lowest BCUT2D eigenvalue weighted by molar-refractivity contribution is 0.304. The largest absolute Gasteiger partial charge is 0.492 e. The fraction of sp³-hybridized carbons (Fsp3) is 0.600. The van der Waals surface area contributed by atoms with Crippen molar-refractivity contribution in [3.63, 3.8) is 0 Å². The highest BCUT2D eigenvalue weighted by atomic mass is 79.9. The molecule has 1 saturated heterocycles. The van der Waals surface area contributed by atoms with Gasteiger partial charge in [0.15, 0.2) is 0 Å². The predicted molar refractivity (Wildman–Crippen MR) is 82.7 cm³/mol. The molecule has 0 bridgehead atoms. The van der Waals surface area contributed by atoms with Crippen molar-refractivity contribution in [3.05, 3.63) is 28.7 Å². The third-order valence-corrected chi connectivity index (χ3v) is 4.09. The van der Waals surface area contributed by atoms with E-state index in [1.165, 1.54) is 26.1 Å². The second-order valence-corrected chi connectivity index (χ2v) is 5.97. The molecule has 1 atom stereocenters. The maximum atomic E-state index is 5.69. The zero-order valence-electron chi connectivity index (χ0n) is 11.6. The van der Waals surface area contributed by atoms with E-state index in [1.807, 2.05) is 24.3 Å². The van der Waals surface area contributed by atoms with Crippen LogP contribution >= 0.6 is 15.9 Å². The van der Waals surface area contributed by atoms with Crippen LogP contribution in [0.2, 0.25) is 0 Å². The number of likely N-dealkylation sites (tertiary alicyclic amines) is 1. The highest BCUT2D eigenvalue weighted by Gasteiger charge is 2.20. The van der Waals surface area contributed by atoms with E-state index in [1.54, 1.807) is 0 Å². The Labute approximate surface area is 124 Å². The third kappa shape index (κ3) is 5.13. The summed E-state index contributed by atoms with van der Waals surface area (Å²) in [6.45, 7) is 8.67. The van der Waals surface area contributed by atoms with Crippen molar-refractivity contribution in [1.82, 2.24) is 10.2 Å². The van der Waals surface area contributed by atoms with Gasteiger partial charge in [0.25, 0.3) is 0 Å².